The molecule has 2 aromatic carbocycles. The molecule has 1 heterocycles. The van der Waals surface area contributed by atoms with Crippen molar-refractivity contribution in [3.63, 3.8) is 0 Å². The highest BCUT2D eigenvalue weighted by molar-refractivity contribution is 7.89. The van der Waals surface area contributed by atoms with Crippen LogP contribution < -0.4 is 5.32 Å². The summed E-state index contributed by atoms with van der Waals surface area (Å²) in [7, 11) is -3.79. The minimum absolute atomic E-state index is 0.134. The maximum absolute atomic E-state index is 13.1. The van der Waals surface area contributed by atoms with Crippen LogP contribution in [-0.2, 0) is 14.8 Å². The van der Waals surface area contributed by atoms with Crippen LogP contribution in [0.15, 0.2) is 47.4 Å². The molecule has 1 saturated heterocycles. The van der Waals surface area contributed by atoms with E-state index < -0.39 is 16.1 Å². The van der Waals surface area contributed by atoms with Crippen LogP contribution in [0.3, 0.4) is 0 Å². The minimum Gasteiger partial charge on any atom is -0.324 e. The Hall–Kier alpha value is -1.60. The molecule has 0 saturated carbocycles. The number of carbonyl (C=O) groups is 1. The van der Waals surface area contributed by atoms with Gasteiger partial charge in [-0.1, -0.05) is 29.6 Å². The molecule has 5 nitrogen and oxygen atoms in total. The number of carbonyl (C=O) groups excluding carboxylic acids is 1. The number of hydrogen-bond donors (Lipinski definition) is 1. The standard InChI is InChI=1S/C19H20Cl2N2O3S/c1-13-12-15(21)7-10-17(13)22-19(24)18-4-2-3-11-23(18)27(25,26)16-8-5-14(20)6-9-16/h5-10,12,18H,2-4,11H2,1H3,(H,22,24). The van der Waals surface area contributed by atoms with Gasteiger partial charge in [-0.3, -0.25) is 4.79 Å². The number of rotatable bonds is 4. The van der Waals surface area contributed by atoms with Crippen LogP contribution in [0.5, 0.6) is 0 Å². The molecule has 0 spiro atoms. The minimum atomic E-state index is -3.79. The fraction of sp³-hybridized carbons (Fsp3) is 0.316. The van der Waals surface area contributed by atoms with Gasteiger partial charge in [0.2, 0.25) is 15.9 Å². The molecule has 0 radical (unpaired) electrons. The van der Waals surface area contributed by atoms with Crippen LogP contribution in [0.1, 0.15) is 24.8 Å². The number of aryl methyl sites for hydroxylation is 1. The van der Waals surface area contributed by atoms with Gasteiger partial charge in [-0.2, -0.15) is 4.31 Å². The van der Waals surface area contributed by atoms with Crippen molar-refractivity contribution in [1.82, 2.24) is 4.31 Å². The zero-order chi connectivity index (χ0) is 19.6. The van der Waals surface area contributed by atoms with Gasteiger partial charge in [0.05, 0.1) is 4.90 Å². The average molecular weight is 427 g/mol. The molecule has 1 aliphatic heterocycles. The number of piperidine rings is 1. The highest BCUT2D eigenvalue weighted by Gasteiger charge is 2.37. The summed E-state index contributed by atoms with van der Waals surface area (Å²) in [6, 6.07) is 10.4. The smallest absolute Gasteiger partial charge is 0.243 e. The van der Waals surface area contributed by atoms with Gasteiger partial charge >= 0.3 is 0 Å². The van der Waals surface area contributed by atoms with Gasteiger partial charge in [-0.25, -0.2) is 8.42 Å². The second-order valence-corrected chi connectivity index (χ2v) is 9.29. The zero-order valence-electron chi connectivity index (χ0n) is 14.8. The number of hydrogen-bond acceptors (Lipinski definition) is 3. The lowest BCUT2D eigenvalue weighted by molar-refractivity contribution is -0.120. The van der Waals surface area contributed by atoms with Gasteiger partial charge in [-0.05, 0) is 67.8 Å². The molecule has 3 rings (SSSR count). The second kappa shape index (κ2) is 8.19. The molecule has 1 N–H and O–H groups in total. The maximum atomic E-state index is 13.1. The molecular weight excluding hydrogens is 407 g/mol. The normalized spacial score (nSPS) is 18.3. The summed E-state index contributed by atoms with van der Waals surface area (Å²) in [6.45, 7) is 2.15. The van der Waals surface area contributed by atoms with E-state index in [9.17, 15) is 13.2 Å². The molecule has 2 aromatic rings. The SMILES string of the molecule is Cc1cc(Cl)ccc1NC(=O)C1CCCCN1S(=O)(=O)c1ccc(Cl)cc1. The van der Waals surface area contributed by atoms with E-state index in [0.717, 1.165) is 18.4 Å². The van der Waals surface area contributed by atoms with Gasteiger partial charge in [0.25, 0.3) is 0 Å². The molecule has 1 aliphatic rings. The van der Waals surface area contributed by atoms with Crippen molar-refractivity contribution < 1.29 is 13.2 Å². The summed E-state index contributed by atoms with van der Waals surface area (Å²) in [5.74, 6) is -0.335. The second-order valence-electron chi connectivity index (χ2n) is 6.53. The monoisotopic (exact) mass is 426 g/mol. The molecule has 144 valence electrons. The molecule has 1 atom stereocenters. The fourth-order valence-electron chi connectivity index (χ4n) is 3.18. The zero-order valence-corrected chi connectivity index (χ0v) is 17.1. The van der Waals surface area contributed by atoms with Gasteiger partial charge in [-0.15, -0.1) is 0 Å². The third-order valence-electron chi connectivity index (χ3n) is 4.62. The Morgan fingerprint density at radius 2 is 1.74 bits per heavy atom. The van der Waals surface area contributed by atoms with E-state index >= 15 is 0 Å². The quantitative estimate of drug-likeness (QED) is 0.782. The van der Waals surface area contributed by atoms with Crippen LogP contribution in [0, 0.1) is 6.92 Å². The molecule has 0 aliphatic carbocycles. The van der Waals surface area contributed by atoms with Crippen LogP contribution in [0.25, 0.3) is 0 Å². The van der Waals surface area contributed by atoms with Crippen molar-refractivity contribution in [3.05, 3.63) is 58.1 Å². The summed E-state index contributed by atoms with van der Waals surface area (Å²) >= 11 is 11.8. The summed E-state index contributed by atoms with van der Waals surface area (Å²) < 4.78 is 27.4. The van der Waals surface area contributed by atoms with Gasteiger partial charge < -0.3 is 5.32 Å². The van der Waals surface area contributed by atoms with Crippen LogP contribution in [0.2, 0.25) is 10.0 Å². The van der Waals surface area contributed by atoms with Crippen molar-refractivity contribution in [2.45, 2.75) is 37.1 Å². The summed E-state index contributed by atoms with van der Waals surface area (Å²) in [5.41, 5.74) is 1.44. The number of amides is 1. The predicted molar refractivity (Wildman–Crippen MR) is 108 cm³/mol. The first-order valence-corrected chi connectivity index (χ1v) is 10.8. The number of benzene rings is 2. The van der Waals surface area contributed by atoms with Gasteiger partial charge in [0.15, 0.2) is 0 Å². The van der Waals surface area contributed by atoms with Crippen molar-refractivity contribution >= 4 is 44.8 Å². The lowest BCUT2D eigenvalue weighted by Gasteiger charge is -2.33. The molecule has 1 amide bonds. The molecule has 0 aromatic heterocycles. The van der Waals surface area contributed by atoms with E-state index in [1.165, 1.54) is 28.6 Å². The van der Waals surface area contributed by atoms with E-state index in [1.807, 2.05) is 6.92 Å². The van der Waals surface area contributed by atoms with Gasteiger partial charge in [0, 0.05) is 22.3 Å². The Morgan fingerprint density at radius 3 is 2.41 bits per heavy atom. The molecule has 27 heavy (non-hydrogen) atoms. The first-order valence-electron chi connectivity index (χ1n) is 8.63. The Kier molecular flexibility index (Phi) is 6.11. The Morgan fingerprint density at radius 1 is 1.07 bits per heavy atom. The first kappa shape index (κ1) is 20.1. The van der Waals surface area contributed by atoms with Crippen molar-refractivity contribution in [1.29, 1.82) is 0 Å². The Balaban J connectivity index is 1.86. The number of anilines is 1. The van der Waals surface area contributed by atoms with Crippen LogP contribution in [0.4, 0.5) is 5.69 Å². The van der Waals surface area contributed by atoms with E-state index in [1.54, 1.807) is 18.2 Å². The van der Waals surface area contributed by atoms with Crippen LogP contribution >= 0.6 is 23.2 Å². The van der Waals surface area contributed by atoms with Gasteiger partial charge in [0.1, 0.15) is 6.04 Å². The number of nitrogens with zero attached hydrogens (tertiary/aromatic N) is 1. The van der Waals surface area contributed by atoms with E-state index in [0.29, 0.717) is 28.7 Å². The lowest BCUT2D eigenvalue weighted by Crippen LogP contribution is -2.49. The fourth-order valence-corrected chi connectivity index (χ4v) is 5.19. The topological polar surface area (TPSA) is 66.5 Å². The highest BCUT2D eigenvalue weighted by atomic mass is 35.5. The van der Waals surface area contributed by atoms with Crippen molar-refractivity contribution in [2.75, 3.05) is 11.9 Å². The third-order valence-corrected chi connectivity index (χ3v) is 7.03. The molecule has 1 fully saturated rings. The summed E-state index contributed by atoms with van der Waals surface area (Å²) in [6.07, 6.45) is 1.99. The van der Waals surface area contributed by atoms with E-state index in [-0.39, 0.29) is 10.8 Å². The van der Waals surface area contributed by atoms with Crippen molar-refractivity contribution in [2.24, 2.45) is 0 Å². The number of sulfonamides is 1. The number of halogens is 2. The Labute approximate surface area is 169 Å². The molecule has 0 bridgehead atoms. The molecule has 8 heteroatoms. The van der Waals surface area contributed by atoms with Crippen LogP contribution in [-0.4, -0.2) is 31.2 Å². The summed E-state index contributed by atoms with van der Waals surface area (Å²) in [4.78, 5) is 13.0. The average Bonchev–Trinajstić information content (AvgIpc) is 2.64. The molecule has 1 unspecified atom stereocenters. The predicted octanol–water partition coefficient (Wildman–Crippen LogP) is 4.48. The number of nitrogens with one attached hydrogen (secondary N) is 1. The first-order chi connectivity index (χ1) is 12.8. The van der Waals surface area contributed by atoms with E-state index in [4.69, 9.17) is 23.2 Å². The largest absolute Gasteiger partial charge is 0.324 e. The Bertz CT molecular complexity index is 946. The maximum Gasteiger partial charge on any atom is 0.243 e. The third kappa shape index (κ3) is 4.46. The lowest BCUT2D eigenvalue weighted by atomic mass is 10.0. The highest BCUT2D eigenvalue weighted by Crippen LogP contribution is 2.28. The molecular formula is C19H20Cl2N2O3S. The summed E-state index contributed by atoms with van der Waals surface area (Å²) in [5, 5.41) is 3.88. The van der Waals surface area contributed by atoms with E-state index in [2.05, 4.69) is 5.32 Å². The van der Waals surface area contributed by atoms with Crippen molar-refractivity contribution in [3.8, 4) is 0 Å².